The molecule has 2 aromatic heterocycles. The number of rotatable bonds is 8. The van der Waals surface area contributed by atoms with Crippen molar-refractivity contribution in [2.24, 2.45) is 5.92 Å². The first kappa shape index (κ1) is 31.9. The molecule has 0 aliphatic carbocycles. The summed E-state index contributed by atoms with van der Waals surface area (Å²) in [4.78, 5) is 21.7. The fourth-order valence-electron chi connectivity index (χ4n) is 5.32. The van der Waals surface area contributed by atoms with E-state index in [0.717, 1.165) is 29.6 Å². The van der Waals surface area contributed by atoms with E-state index in [1.165, 1.54) is 17.7 Å². The van der Waals surface area contributed by atoms with Crippen LogP contribution >= 0.6 is 0 Å². The molecule has 0 saturated heterocycles. The van der Waals surface area contributed by atoms with Crippen LogP contribution in [0.25, 0.3) is 22.6 Å². The number of amides is 1. The highest BCUT2D eigenvalue weighted by Crippen LogP contribution is 2.31. The Balaban J connectivity index is 0.000000309. The van der Waals surface area contributed by atoms with Gasteiger partial charge in [0, 0.05) is 43.1 Å². The average Bonchev–Trinajstić information content (AvgIpc) is 3.66. The number of nitrogens with zero attached hydrogens (tertiary/aromatic N) is 4. The quantitative estimate of drug-likeness (QED) is 0.220. The summed E-state index contributed by atoms with van der Waals surface area (Å²) < 4.78 is 46.1. The van der Waals surface area contributed by atoms with Gasteiger partial charge in [-0.25, -0.2) is 0 Å². The smallest absolute Gasteiger partial charge is 0.294 e. The van der Waals surface area contributed by atoms with Crippen LogP contribution in [0.2, 0.25) is 0 Å². The summed E-state index contributed by atoms with van der Waals surface area (Å²) in [5, 5.41) is 4.98. The van der Waals surface area contributed by atoms with Crippen molar-refractivity contribution in [2.45, 2.75) is 31.1 Å². The van der Waals surface area contributed by atoms with Crippen molar-refractivity contribution in [3.05, 3.63) is 89.8 Å². The van der Waals surface area contributed by atoms with Crippen molar-refractivity contribution in [3.8, 4) is 17.3 Å². The van der Waals surface area contributed by atoms with Crippen LogP contribution in [0.4, 0.5) is 5.69 Å². The number of aryl methyl sites for hydroxylation is 2. The van der Waals surface area contributed by atoms with Gasteiger partial charge in [-0.2, -0.15) is 13.4 Å². The molecule has 0 radical (unpaired) electrons. The molecule has 236 valence electrons. The van der Waals surface area contributed by atoms with Gasteiger partial charge in [-0.15, -0.1) is 0 Å². The zero-order valence-corrected chi connectivity index (χ0v) is 26.5. The molecule has 1 aliphatic heterocycles. The van der Waals surface area contributed by atoms with Crippen LogP contribution in [0.5, 0.6) is 5.75 Å². The SMILES string of the molecule is COc1ccc2cc(-c3noc(CCC(=O)N4CC(CN(C)C)Cc5ccccc54)n3)oc2c1.Cc1ccc(S(=O)(=O)O)cc1. The highest BCUT2D eigenvalue weighted by Gasteiger charge is 2.28. The lowest BCUT2D eigenvalue weighted by atomic mass is 9.91. The number of benzene rings is 3. The summed E-state index contributed by atoms with van der Waals surface area (Å²) in [5.41, 5.74) is 3.87. The molecule has 1 amide bonds. The number of para-hydroxylation sites is 1. The molecule has 0 spiro atoms. The molecular weight excluding hydrogens is 596 g/mol. The van der Waals surface area contributed by atoms with Crippen LogP contribution in [0.15, 0.2) is 86.6 Å². The minimum absolute atomic E-state index is 0.0616. The van der Waals surface area contributed by atoms with E-state index in [2.05, 4.69) is 35.2 Å². The van der Waals surface area contributed by atoms with Crippen LogP contribution in [0.3, 0.4) is 0 Å². The molecule has 0 bridgehead atoms. The minimum Gasteiger partial charge on any atom is -0.497 e. The molecule has 5 aromatic rings. The van der Waals surface area contributed by atoms with E-state index in [0.29, 0.717) is 54.1 Å². The first-order valence-corrected chi connectivity index (χ1v) is 15.9. The third-order valence-electron chi connectivity index (χ3n) is 7.44. The Labute approximate surface area is 262 Å². The topological polar surface area (TPSA) is 139 Å². The lowest BCUT2D eigenvalue weighted by Crippen LogP contribution is -2.43. The zero-order chi connectivity index (χ0) is 32.1. The number of carbonyl (C=O) groups excluding carboxylic acids is 1. The third-order valence-corrected chi connectivity index (χ3v) is 8.31. The number of fused-ring (bicyclic) bond motifs is 2. The lowest BCUT2D eigenvalue weighted by Gasteiger charge is -2.35. The normalized spacial score (nSPS) is 14.6. The minimum atomic E-state index is -4.02. The van der Waals surface area contributed by atoms with Gasteiger partial charge in [0.25, 0.3) is 10.1 Å². The number of hydrogen-bond donors (Lipinski definition) is 1. The lowest BCUT2D eigenvalue weighted by molar-refractivity contribution is -0.118. The van der Waals surface area contributed by atoms with Crippen molar-refractivity contribution in [3.63, 3.8) is 0 Å². The predicted molar refractivity (Wildman–Crippen MR) is 170 cm³/mol. The van der Waals surface area contributed by atoms with Gasteiger partial charge in [0.15, 0.2) is 5.76 Å². The van der Waals surface area contributed by atoms with Gasteiger partial charge >= 0.3 is 0 Å². The standard InChI is InChI=1S/C26H28N4O4.C7H8O3S/c1-29(2)15-17-12-18-6-4-5-7-21(18)30(16-17)25(31)11-10-24-27-26(28-34-24)23-13-19-8-9-20(32-3)14-22(19)33-23;1-6-2-4-7(5-3-6)11(8,9)10/h4-9,13-14,17H,10-12,15-16H2,1-3H3;2-5H,1H3,(H,8,9,10). The molecule has 12 heteroatoms. The van der Waals surface area contributed by atoms with Crippen LogP contribution in [0, 0.1) is 12.8 Å². The van der Waals surface area contributed by atoms with Crippen LogP contribution in [0.1, 0.15) is 23.4 Å². The molecule has 1 atom stereocenters. The Bertz CT molecular complexity index is 1880. The number of furan rings is 1. The Kier molecular flexibility index (Phi) is 9.66. The Hall–Kier alpha value is -4.52. The first-order valence-electron chi connectivity index (χ1n) is 14.5. The molecule has 1 aliphatic rings. The predicted octanol–water partition coefficient (Wildman–Crippen LogP) is 5.43. The van der Waals surface area contributed by atoms with Crippen LogP contribution < -0.4 is 9.64 Å². The number of aromatic nitrogens is 2. The number of anilines is 1. The number of hydrogen-bond acceptors (Lipinski definition) is 9. The second-order valence-corrected chi connectivity index (χ2v) is 12.7. The van der Waals surface area contributed by atoms with Gasteiger partial charge in [-0.05, 0) is 75.3 Å². The Morgan fingerprint density at radius 1 is 1.09 bits per heavy atom. The summed E-state index contributed by atoms with van der Waals surface area (Å²) >= 11 is 0. The summed E-state index contributed by atoms with van der Waals surface area (Å²) in [7, 11) is 1.73. The Morgan fingerprint density at radius 2 is 1.84 bits per heavy atom. The van der Waals surface area contributed by atoms with Gasteiger partial charge < -0.3 is 23.5 Å². The monoisotopic (exact) mass is 632 g/mol. The van der Waals surface area contributed by atoms with E-state index < -0.39 is 10.1 Å². The van der Waals surface area contributed by atoms with E-state index in [1.54, 1.807) is 19.2 Å². The van der Waals surface area contributed by atoms with Crippen molar-refractivity contribution in [2.75, 3.05) is 39.2 Å². The molecule has 11 nitrogen and oxygen atoms in total. The maximum atomic E-state index is 13.2. The highest BCUT2D eigenvalue weighted by molar-refractivity contribution is 7.85. The first-order chi connectivity index (χ1) is 21.5. The number of methoxy groups -OCH3 is 1. The van der Waals surface area contributed by atoms with Gasteiger partial charge in [0.05, 0.1) is 12.0 Å². The molecule has 0 fully saturated rings. The molecule has 6 rings (SSSR count). The van der Waals surface area contributed by atoms with Crippen molar-refractivity contribution >= 4 is 32.7 Å². The Morgan fingerprint density at radius 3 is 2.56 bits per heavy atom. The molecule has 3 heterocycles. The van der Waals surface area contributed by atoms with Crippen LogP contribution in [-0.2, 0) is 27.8 Å². The fourth-order valence-corrected chi connectivity index (χ4v) is 5.80. The second-order valence-electron chi connectivity index (χ2n) is 11.3. The summed E-state index contributed by atoms with van der Waals surface area (Å²) in [6.45, 7) is 3.49. The van der Waals surface area contributed by atoms with Gasteiger partial charge in [-0.3, -0.25) is 9.35 Å². The number of carbonyl (C=O) groups is 1. The zero-order valence-electron chi connectivity index (χ0n) is 25.6. The molecular formula is C33H36N4O7S. The van der Waals surface area contributed by atoms with E-state index in [-0.39, 0.29) is 10.8 Å². The second kappa shape index (κ2) is 13.6. The maximum Gasteiger partial charge on any atom is 0.294 e. The summed E-state index contributed by atoms with van der Waals surface area (Å²) in [5.74, 6) is 2.47. The molecule has 1 unspecified atom stereocenters. The van der Waals surface area contributed by atoms with Gasteiger partial charge in [0.1, 0.15) is 11.3 Å². The largest absolute Gasteiger partial charge is 0.497 e. The molecule has 45 heavy (non-hydrogen) atoms. The highest BCUT2D eigenvalue weighted by atomic mass is 32.2. The van der Waals surface area contributed by atoms with Gasteiger partial charge in [-0.1, -0.05) is 41.1 Å². The van der Waals surface area contributed by atoms with Crippen LogP contribution in [-0.4, -0.2) is 68.2 Å². The third kappa shape index (κ3) is 7.96. The van der Waals surface area contributed by atoms with Crippen molar-refractivity contribution < 1.29 is 31.4 Å². The molecule has 3 aromatic carbocycles. The van der Waals surface area contributed by atoms with Crippen molar-refractivity contribution in [1.29, 1.82) is 0 Å². The molecule has 0 saturated carbocycles. The van der Waals surface area contributed by atoms with E-state index in [1.807, 2.05) is 54.3 Å². The summed E-state index contributed by atoms with van der Waals surface area (Å²) in [6, 6.07) is 21.6. The summed E-state index contributed by atoms with van der Waals surface area (Å²) in [6.07, 6.45) is 1.65. The van der Waals surface area contributed by atoms with E-state index in [9.17, 15) is 13.2 Å². The van der Waals surface area contributed by atoms with Crippen molar-refractivity contribution in [1.82, 2.24) is 15.0 Å². The number of ether oxygens (including phenoxy) is 1. The maximum absolute atomic E-state index is 13.2. The average molecular weight is 633 g/mol. The molecule has 1 N–H and O–H groups in total. The van der Waals surface area contributed by atoms with E-state index in [4.69, 9.17) is 18.2 Å². The van der Waals surface area contributed by atoms with E-state index >= 15 is 0 Å². The fraction of sp³-hybridized carbons (Fsp3) is 0.303. The van der Waals surface area contributed by atoms with Gasteiger partial charge in [0.2, 0.25) is 17.6 Å².